The minimum Gasteiger partial charge on any atom is -0.390 e. The van der Waals surface area contributed by atoms with Gasteiger partial charge in [-0.3, -0.25) is 0 Å². The zero-order chi connectivity index (χ0) is 42.7. The van der Waals surface area contributed by atoms with Crippen LogP contribution in [-0.4, -0.2) is 92.9 Å². The Hall–Kier alpha value is 1.18. The Kier molecular flexibility index (Phi) is 15.0. The molecule has 1 saturated carbocycles. The molecule has 338 valence electrons. The Morgan fingerprint density at radius 1 is 0.345 bits per heavy atom. The maximum Gasteiger partial charge on any atom is 0.479 e. The number of aliphatic hydroxyl groups is 2. The van der Waals surface area contributed by atoms with E-state index in [0.29, 0.717) is 67.6 Å². The van der Waals surface area contributed by atoms with Gasteiger partial charge in [-0.1, -0.05) is 96.9 Å². The van der Waals surface area contributed by atoms with E-state index in [0.717, 1.165) is 6.42 Å². The van der Waals surface area contributed by atoms with Crippen molar-refractivity contribution in [3.63, 3.8) is 0 Å². The molecule has 0 spiro atoms. The monoisotopic (exact) mass is 958 g/mol. The molecule has 0 amide bonds. The Morgan fingerprint density at radius 2 is 0.569 bits per heavy atom. The summed E-state index contributed by atoms with van der Waals surface area (Å²) in [5.41, 5.74) is 0. The van der Waals surface area contributed by atoms with Crippen LogP contribution in [0.3, 0.4) is 0 Å². The maximum atomic E-state index is 10.8. The molecule has 0 radical (unpaired) electrons. The molecule has 14 nitrogen and oxygen atoms in total. The molecule has 6 heterocycles. The van der Waals surface area contributed by atoms with Crippen LogP contribution in [0.5, 0.6) is 0 Å². The van der Waals surface area contributed by atoms with Crippen molar-refractivity contribution in [3.8, 4) is 0 Å². The molecule has 0 aromatic rings. The molecule has 2 N–H and O–H groups in total. The van der Waals surface area contributed by atoms with Gasteiger partial charge in [0.25, 0.3) is 0 Å². The van der Waals surface area contributed by atoms with Crippen LogP contribution in [0, 0.1) is 47.3 Å². The maximum absolute atomic E-state index is 10.8. The smallest absolute Gasteiger partial charge is 0.390 e. The molecule has 6 aliphatic heterocycles. The van der Waals surface area contributed by atoms with Crippen molar-refractivity contribution in [2.45, 2.75) is 183 Å². The lowest BCUT2D eigenvalue weighted by atomic mass is 9.84. The standard InChI is InChI=1S/C36H78O14Si8/c1-27(2)20-52-39-51(18-17-34-15-16-35(37)36(38)19-34)40-53(21-28(3)4)44-55(42-52,23-30(7)8)48-58(26-33(13)14)49-56(43-52,24-31(9)10)45-54(41-51,22-29(5)6)47-57(46-53,50-58)25-32(11)12/h27-38H,15-26H2,1-14H3/t34-,35-,36+,51?,52?,53?,54?,55?,56?,57?,58?/m0/s1. The Morgan fingerprint density at radius 3 is 0.776 bits per heavy atom. The molecule has 58 heavy (non-hydrogen) atoms. The van der Waals surface area contributed by atoms with Gasteiger partial charge in [-0.15, -0.1) is 0 Å². The molecule has 0 aromatic heterocycles. The van der Waals surface area contributed by atoms with E-state index in [1.54, 1.807) is 0 Å². The molecule has 7 aliphatic rings. The van der Waals surface area contributed by atoms with Crippen molar-refractivity contribution in [2.75, 3.05) is 0 Å². The van der Waals surface area contributed by atoms with Gasteiger partial charge in [0, 0.05) is 48.4 Å². The van der Waals surface area contributed by atoms with Gasteiger partial charge in [0.1, 0.15) is 0 Å². The summed E-state index contributed by atoms with van der Waals surface area (Å²) in [4.78, 5) is 0. The molecule has 6 saturated heterocycles. The van der Waals surface area contributed by atoms with Gasteiger partial charge >= 0.3 is 70.4 Å². The fraction of sp³-hybridized carbons (Fsp3) is 1.00. The first-order chi connectivity index (χ1) is 26.8. The highest BCUT2D eigenvalue weighted by atomic mass is 28.6. The number of rotatable bonds is 17. The molecule has 3 atom stereocenters. The lowest BCUT2D eigenvalue weighted by molar-refractivity contribution is -0.0367. The topological polar surface area (TPSA) is 151 Å². The lowest BCUT2D eigenvalue weighted by Crippen LogP contribution is -2.88. The summed E-state index contributed by atoms with van der Waals surface area (Å²) < 4.78 is 93.8. The van der Waals surface area contributed by atoms with E-state index in [-0.39, 0.29) is 47.3 Å². The predicted octanol–water partition coefficient (Wildman–Crippen LogP) is 8.27. The first-order valence-corrected chi connectivity index (χ1v) is 38.0. The highest BCUT2D eigenvalue weighted by Gasteiger charge is 2.83. The quantitative estimate of drug-likeness (QED) is 0.135. The third kappa shape index (κ3) is 11.2. The molecule has 1 aliphatic carbocycles. The molecular formula is C36H78O14Si8. The second-order valence-electron chi connectivity index (χ2n) is 21.2. The van der Waals surface area contributed by atoms with Gasteiger partial charge < -0.3 is 59.6 Å². The van der Waals surface area contributed by atoms with Crippen molar-refractivity contribution in [2.24, 2.45) is 47.3 Å². The van der Waals surface area contributed by atoms with Gasteiger partial charge in [0.15, 0.2) is 0 Å². The van der Waals surface area contributed by atoms with Crippen LogP contribution in [0.4, 0.5) is 0 Å². The van der Waals surface area contributed by atoms with Gasteiger partial charge in [-0.2, -0.15) is 0 Å². The number of hydrogen-bond acceptors (Lipinski definition) is 14. The molecule has 0 aromatic carbocycles. The van der Waals surface area contributed by atoms with E-state index in [9.17, 15) is 10.2 Å². The van der Waals surface area contributed by atoms with E-state index in [2.05, 4.69) is 96.9 Å². The third-order valence-electron chi connectivity index (χ3n) is 11.1. The fourth-order valence-corrected chi connectivity index (χ4v) is 61.5. The zero-order valence-electron chi connectivity index (χ0n) is 38.1. The summed E-state index contributed by atoms with van der Waals surface area (Å²) in [6, 6.07) is 3.62. The zero-order valence-corrected chi connectivity index (χ0v) is 46.1. The summed E-state index contributed by atoms with van der Waals surface area (Å²) in [6.07, 6.45) is 0.895. The number of aliphatic hydroxyl groups excluding tert-OH is 2. The van der Waals surface area contributed by atoms with Crippen LogP contribution in [0.25, 0.3) is 0 Å². The number of hydrogen-bond donors (Lipinski definition) is 2. The molecule has 0 unspecified atom stereocenters. The average Bonchev–Trinajstić information content (AvgIpc) is 2.95. The molecule has 22 heteroatoms. The van der Waals surface area contributed by atoms with Crippen LogP contribution >= 0.6 is 0 Å². The summed E-state index contributed by atoms with van der Waals surface area (Å²) in [5, 5.41) is 21.3. The van der Waals surface area contributed by atoms with E-state index in [1.807, 2.05) is 0 Å². The Labute approximate surface area is 358 Å². The minimum absolute atomic E-state index is 0.0896. The second-order valence-corrected chi connectivity index (χ2v) is 45.3. The van der Waals surface area contributed by atoms with Crippen molar-refractivity contribution in [3.05, 3.63) is 0 Å². The highest BCUT2D eigenvalue weighted by Crippen LogP contribution is 2.56. The average molecular weight is 960 g/mol. The Bertz CT molecular complexity index is 1260. The molecule has 8 bridgehead atoms. The molecular weight excluding hydrogens is 881 g/mol. The van der Waals surface area contributed by atoms with Crippen LogP contribution in [0.1, 0.15) is 123 Å². The lowest BCUT2D eigenvalue weighted by Gasteiger charge is -2.64. The van der Waals surface area contributed by atoms with Crippen LogP contribution in [-0.2, 0) is 49.4 Å². The van der Waals surface area contributed by atoms with E-state index in [1.165, 1.54) is 0 Å². The first-order valence-electron chi connectivity index (χ1n) is 22.6. The second kappa shape index (κ2) is 17.9. The molecule has 7 rings (SSSR count). The van der Waals surface area contributed by atoms with Crippen molar-refractivity contribution in [1.82, 2.24) is 0 Å². The normalized spacial score (nSPS) is 44.2. The van der Waals surface area contributed by atoms with E-state index in [4.69, 9.17) is 49.4 Å². The summed E-state index contributed by atoms with van der Waals surface area (Å²) in [6.45, 7) is 30.2. The van der Waals surface area contributed by atoms with Gasteiger partial charge in [-0.25, -0.2) is 0 Å². The van der Waals surface area contributed by atoms with Gasteiger partial charge in [-0.05, 0) is 73.0 Å². The van der Waals surface area contributed by atoms with E-state index < -0.39 is 82.6 Å². The van der Waals surface area contributed by atoms with Crippen LogP contribution in [0.2, 0.25) is 48.4 Å². The van der Waals surface area contributed by atoms with Gasteiger partial charge in [0.05, 0.1) is 12.2 Å². The van der Waals surface area contributed by atoms with Crippen molar-refractivity contribution >= 4 is 70.4 Å². The summed E-state index contributed by atoms with van der Waals surface area (Å²) in [5.74, 6) is 0.807. The summed E-state index contributed by atoms with van der Waals surface area (Å²) in [7, 11) is -31.8. The third-order valence-corrected chi connectivity index (χ3v) is 51.1. The largest absolute Gasteiger partial charge is 0.479 e. The minimum atomic E-state index is -4.06. The molecule has 7 fully saturated rings. The van der Waals surface area contributed by atoms with Crippen molar-refractivity contribution < 1.29 is 59.6 Å². The van der Waals surface area contributed by atoms with Crippen molar-refractivity contribution in [1.29, 1.82) is 0 Å². The highest BCUT2D eigenvalue weighted by molar-refractivity contribution is 7.03. The fourth-order valence-electron chi connectivity index (χ4n) is 9.73. The van der Waals surface area contributed by atoms with Crippen LogP contribution in [0.15, 0.2) is 0 Å². The van der Waals surface area contributed by atoms with Gasteiger partial charge in [0.2, 0.25) is 0 Å². The Balaban J connectivity index is 1.70. The van der Waals surface area contributed by atoms with E-state index >= 15 is 0 Å². The summed E-state index contributed by atoms with van der Waals surface area (Å²) >= 11 is 0. The predicted molar refractivity (Wildman–Crippen MR) is 235 cm³/mol. The SMILES string of the molecule is CC(C)C[Si]12O[Si]3(CC[C@@H]4CC[C@H](O)[C@H](O)C4)O[Si]4(CC(C)C)O[Si](CC(C)C)(O1)O[Si]1(CC(C)C)O[Si](CC(C)C)(O2)O[Si](CC(C)C)(O3)O[Si](CC(C)C)(O4)O1. The van der Waals surface area contributed by atoms with Crippen LogP contribution < -0.4 is 0 Å². The first kappa shape index (κ1) is 48.6.